The minimum Gasteiger partial charge on any atom is -0.345 e. The number of carbonyl (C=O) groups is 1. The lowest BCUT2D eigenvalue weighted by Crippen LogP contribution is -2.21. The molecule has 1 heterocycles. The van der Waals surface area contributed by atoms with E-state index in [4.69, 9.17) is 0 Å². The average molecular weight is 215 g/mol. The highest BCUT2D eigenvalue weighted by atomic mass is 16.2. The van der Waals surface area contributed by atoms with Gasteiger partial charge in [0.05, 0.1) is 17.5 Å². The van der Waals surface area contributed by atoms with Gasteiger partial charge in [-0.3, -0.25) is 9.89 Å². The molecule has 0 aliphatic carbocycles. The van der Waals surface area contributed by atoms with Crippen molar-refractivity contribution < 1.29 is 4.79 Å². The van der Waals surface area contributed by atoms with Crippen LogP contribution in [0.15, 0.2) is 36.5 Å². The molecule has 0 aliphatic rings. The molecule has 0 atom stereocenters. The van der Waals surface area contributed by atoms with Gasteiger partial charge >= 0.3 is 0 Å². The predicted molar refractivity (Wildman–Crippen MR) is 62.0 cm³/mol. The van der Waals surface area contributed by atoms with Gasteiger partial charge in [0.25, 0.3) is 5.91 Å². The van der Waals surface area contributed by atoms with Gasteiger partial charge in [0.15, 0.2) is 0 Å². The van der Waals surface area contributed by atoms with Crippen molar-refractivity contribution in [3.05, 3.63) is 42.1 Å². The van der Waals surface area contributed by atoms with E-state index < -0.39 is 0 Å². The highest BCUT2D eigenvalue weighted by molar-refractivity contribution is 5.99. The summed E-state index contributed by atoms with van der Waals surface area (Å²) in [6, 6.07) is 9.69. The van der Waals surface area contributed by atoms with E-state index in [2.05, 4.69) is 10.2 Å². The van der Waals surface area contributed by atoms with Crippen LogP contribution >= 0.6 is 0 Å². The van der Waals surface area contributed by atoms with Crippen LogP contribution in [0.4, 0.5) is 0 Å². The molecular weight excluding hydrogens is 202 g/mol. The van der Waals surface area contributed by atoms with E-state index in [1.807, 2.05) is 30.3 Å². The Hall–Kier alpha value is -2.10. The third kappa shape index (κ3) is 1.82. The average Bonchev–Trinajstić information content (AvgIpc) is 2.77. The van der Waals surface area contributed by atoms with Crippen molar-refractivity contribution >= 4 is 5.91 Å². The van der Waals surface area contributed by atoms with Crippen LogP contribution in [-0.4, -0.2) is 35.1 Å². The number of rotatable bonds is 2. The summed E-state index contributed by atoms with van der Waals surface area (Å²) in [5, 5.41) is 6.79. The first kappa shape index (κ1) is 10.4. The Morgan fingerprint density at radius 1 is 1.25 bits per heavy atom. The lowest BCUT2D eigenvalue weighted by atomic mass is 10.1. The third-order valence-corrected chi connectivity index (χ3v) is 2.34. The molecular formula is C12H13N3O. The van der Waals surface area contributed by atoms with Crippen LogP contribution in [0.3, 0.4) is 0 Å². The number of benzene rings is 1. The number of hydrogen-bond donors (Lipinski definition) is 1. The molecule has 1 N–H and O–H groups in total. The zero-order valence-corrected chi connectivity index (χ0v) is 9.27. The molecule has 0 bridgehead atoms. The van der Waals surface area contributed by atoms with Gasteiger partial charge in [-0.05, 0) is 0 Å². The molecule has 0 fully saturated rings. The Labute approximate surface area is 93.9 Å². The fourth-order valence-corrected chi connectivity index (χ4v) is 1.51. The van der Waals surface area contributed by atoms with Crippen LogP contribution in [-0.2, 0) is 0 Å². The Bertz CT molecular complexity index is 488. The summed E-state index contributed by atoms with van der Waals surface area (Å²) in [5.41, 5.74) is 2.32. The topological polar surface area (TPSA) is 49.0 Å². The van der Waals surface area contributed by atoms with Crippen LogP contribution < -0.4 is 0 Å². The van der Waals surface area contributed by atoms with Gasteiger partial charge in [0.2, 0.25) is 0 Å². The van der Waals surface area contributed by atoms with Crippen LogP contribution in [0.2, 0.25) is 0 Å². The first-order valence-electron chi connectivity index (χ1n) is 5.00. The molecule has 16 heavy (non-hydrogen) atoms. The number of H-pyrrole nitrogens is 1. The number of nitrogens with zero attached hydrogens (tertiary/aromatic N) is 2. The smallest absolute Gasteiger partial charge is 0.257 e. The molecule has 0 radical (unpaired) electrons. The zero-order valence-electron chi connectivity index (χ0n) is 9.27. The van der Waals surface area contributed by atoms with E-state index in [0.29, 0.717) is 5.56 Å². The van der Waals surface area contributed by atoms with E-state index in [1.54, 1.807) is 20.3 Å². The van der Waals surface area contributed by atoms with Crippen LogP contribution in [0.5, 0.6) is 0 Å². The van der Waals surface area contributed by atoms with Crippen LogP contribution in [0.1, 0.15) is 10.4 Å². The highest BCUT2D eigenvalue weighted by Gasteiger charge is 2.16. The molecule has 82 valence electrons. The lowest BCUT2D eigenvalue weighted by Gasteiger charge is -2.09. The summed E-state index contributed by atoms with van der Waals surface area (Å²) < 4.78 is 0. The molecule has 2 aromatic rings. The van der Waals surface area contributed by atoms with E-state index in [1.165, 1.54) is 4.90 Å². The van der Waals surface area contributed by atoms with Gasteiger partial charge < -0.3 is 4.90 Å². The molecule has 0 saturated carbocycles. The minimum atomic E-state index is -0.0485. The Morgan fingerprint density at radius 3 is 2.56 bits per heavy atom. The van der Waals surface area contributed by atoms with Crippen molar-refractivity contribution in [3.63, 3.8) is 0 Å². The second-order valence-electron chi connectivity index (χ2n) is 3.72. The van der Waals surface area contributed by atoms with E-state index in [0.717, 1.165) is 11.3 Å². The quantitative estimate of drug-likeness (QED) is 0.830. The zero-order chi connectivity index (χ0) is 11.5. The summed E-state index contributed by atoms with van der Waals surface area (Å²) >= 11 is 0. The number of nitrogens with one attached hydrogen (secondary N) is 1. The maximum absolute atomic E-state index is 11.9. The second-order valence-corrected chi connectivity index (χ2v) is 3.72. The molecule has 0 unspecified atom stereocenters. The predicted octanol–water partition coefficient (Wildman–Crippen LogP) is 1.78. The maximum Gasteiger partial charge on any atom is 0.257 e. The van der Waals surface area contributed by atoms with Gasteiger partial charge in [-0.25, -0.2) is 0 Å². The van der Waals surface area contributed by atoms with Crippen molar-refractivity contribution in [2.75, 3.05) is 14.1 Å². The normalized spacial score (nSPS) is 10.1. The number of aromatic amines is 1. The first-order valence-corrected chi connectivity index (χ1v) is 5.00. The van der Waals surface area contributed by atoms with Crippen LogP contribution in [0.25, 0.3) is 11.3 Å². The van der Waals surface area contributed by atoms with E-state index in [9.17, 15) is 4.79 Å². The van der Waals surface area contributed by atoms with Crippen molar-refractivity contribution in [3.8, 4) is 11.3 Å². The SMILES string of the molecule is CN(C)C(=O)c1cn[nH]c1-c1ccccc1. The Kier molecular flexibility index (Phi) is 2.72. The second kappa shape index (κ2) is 4.18. The van der Waals surface area contributed by atoms with Gasteiger partial charge in [-0.15, -0.1) is 0 Å². The molecule has 0 saturated heterocycles. The lowest BCUT2D eigenvalue weighted by molar-refractivity contribution is 0.0828. The van der Waals surface area contributed by atoms with Crippen molar-refractivity contribution in [2.24, 2.45) is 0 Å². The first-order chi connectivity index (χ1) is 7.70. The highest BCUT2D eigenvalue weighted by Crippen LogP contribution is 2.21. The molecule has 4 nitrogen and oxygen atoms in total. The van der Waals surface area contributed by atoms with Gasteiger partial charge in [-0.1, -0.05) is 30.3 Å². The Morgan fingerprint density at radius 2 is 1.94 bits per heavy atom. The monoisotopic (exact) mass is 215 g/mol. The largest absolute Gasteiger partial charge is 0.345 e. The summed E-state index contributed by atoms with van der Waals surface area (Å²) in [4.78, 5) is 13.4. The molecule has 1 aromatic heterocycles. The summed E-state index contributed by atoms with van der Waals surface area (Å²) in [6.45, 7) is 0. The van der Waals surface area contributed by atoms with Crippen molar-refractivity contribution in [2.45, 2.75) is 0 Å². The third-order valence-electron chi connectivity index (χ3n) is 2.34. The summed E-state index contributed by atoms with van der Waals surface area (Å²) in [6.07, 6.45) is 1.56. The van der Waals surface area contributed by atoms with E-state index >= 15 is 0 Å². The van der Waals surface area contributed by atoms with Gasteiger partial charge in [0.1, 0.15) is 0 Å². The number of carbonyl (C=O) groups excluding carboxylic acids is 1. The van der Waals surface area contributed by atoms with Crippen LogP contribution in [0, 0.1) is 0 Å². The molecule has 2 rings (SSSR count). The fourth-order valence-electron chi connectivity index (χ4n) is 1.51. The molecule has 4 heteroatoms. The summed E-state index contributed by atoms with van der Waals surface area (Å²) in [5.74, 6) is -0.0485. The number of hydrogen-bond acceptors (Lipinski definition) is 2. The minimum absolute atomic E-state index is 0.0485. The maximum atomic E-state index is 11.9. The molecule has 1 amide bonds. The molecule has 0 spiro atoms. The molecule has 1 aromatic carbocycles. The summed E-state index contributed by atoms with van der Waals surface area (Å²) in [7, 11) is 3.45. The van der Waals surface area contributed by atoms with Crippen molar-refractivity contribution in [1.82, 2.24) is 15.1 Å². The van der Waals surface area contributed by atoms with Gasteiger partial charge in [0, 0.05) is 19.7 Å². The van der Waals surface area contributed by atoms with Crippen molar-refractivity contribution in [1.29, 1.82) is 0 Å². The van der Waals surface area contributed by atoms with E-state index in [-0.39, 0.29) is 5.91 Å². The number of aromatic nitrogens is 2. The van der Waals surface area contributed by atoms with Gasteiger partial charge in [-0.2, -0.15) is 5.10 Å². The number of amides is 1. The Balaban J connectivity index is 2.45. The molecule has 0 aliphatic heterocycles. The fraction of sp³-hybridized carbons (Fsp3) is 0.167. The standard InChI is InChI=1S/C12H13N3O/c1-15(2)12(16)10-8-13-14-11(10)9-6-4-3-5-7-9/h3-8H,1-2H3,(H,13,14).